The zero-order valence-corrected chi connectivity index (χ0v) is 17.5. The van der Waals surface area contributed by atoms with Crippen molar-refractivity contribution in [3.05, 3.63) is 40.7 Å². The molecule has 29 heavy (non-hydrogen) atoms. The number of fused-ring (bicyclic) bond motifs is 2. The maximum Gasteiger partial charge on any atom is 0.165 e. The molecule has 0 saturated heterocycles. The number of hydrogen-bond acceptors (Lipinski definition) is 4. The van der Waals surface area contributed by atoms with Gasteiger partial charge in [-0.3, -0.25) is 0 Å². The van der Waals surface area contributed by atoms with Gasteiger partial charge in [-0.1, -0.05) is 6.07 Å². The Balaban J connectivity index is 1.61. The van der Waals surface area contributed by atoms with Crippen LogP contribution in [0.2, 0.25) is 0 Å². The first-order valence-corrected chi connectivity index (χ1v) is 11.0. The maximum absolute atomic E-state index is 5.42. The van der Waals surface area contributed by atoms with Gasteiger partial charge in [0, 0.05) is 28.9 Å². The first-order chi connectivity index (χ1) is 14.2. The number of anilines is 1. The van der Waals surface area contributed by atoms with Crippen LogP contribution in [-0.4, -0.2) is 33.8 Å². The van der Waals surface area contributed by atoms with Crippen LogP contribution >= 0.6 is 0 Å². The van der Waals surface area contributed by atoms with E-state index in [1.165, 1.54) is 65.9 Å². The van der Waals surface area contributed by atoms with E-state index in [9.17, 15) is 0 Å². The minimum absolute atomic E-state index is 0.702. The quantitative estimate of drug-likeness (QED) is 0.638. The largest absolute Gasteiger partial charge is 0.497 e. The highest BCUT2D eigenvalue weighted by Crippen LogP contribution is 2.45. The number of methoxy groups -OCH3 is 1. The van der Waals surface area contributed by atoms with Gasteiger partial charge >= 0.3 is 0 Å². The second kappa shape index (κ2) is 6.22. The highest BCUT2D eigenvalue weighted by atomic mass is 16.5. The van der Waals surface area contributed by atoms with Gasteiger partial charge in [0.05, 0.1) is 12.8 Å². The fourth-order valence-corrected chi connectivity index (χ4v) is 5.09. The summed E-state index contributed by atoms with van der Waals surface area (Å²) in [6.45, 7) is 4.27. The molecule has 0 atom stereocenters. The van der Waals surface area contributed by atoms with E-state index in [0.29, 0.717) is 12.1 Å². The lowest BCUT2D eigenvalue weighted by atomic mass is 10.0. The molecule has 0 spiro atoms. The van der Waals surface area contributed by atoms with Gasteiger partial charge in [0.15, 0.2) is 5.65 Å². The molecule has 0 N–H and O–H groups in total. The molecule has 150 valence electrons. The van der Waals surface area contributed by atoms with Gasteiger partial charge in [0.25, 0.3) is 0 Å². The molecule has 0 bridgehead atoms. The molecule has 3 aliphatic carbocycles. The number of aromatic nitrogens is 3. The van der Waals surface area contributed by atoms with E-state index in [-0.39, 0.29) is 0 Å². The van der Waals surface area contributed by atoms with Crippen LogP contribution in [0, 0.1) is 13.8 Å². The van der Waals surface area contributed by atoms with Crippen LogP contribution < -0.4 is 9.64 Å². The summed E-state index contributed by atoms with van der Waals surface area (Å²) < 4.78 is 7.61. The van der Waals surface area contributed by atoms with E-state index in [1.807, 2.05) is 6.07 Å². The molecular formula is C24H28N4O. The van der Waals surface area contributed by atoms with E-state index < -0.39 is 0 Å². The lowest BCUT2D eigenvalue weighted by Gasteiger charge is -2.27. The van der Waals surface area contributed by atoms with Gasteiger partial charge in [-0.15, -0.1) is 0 Å². The molecule has 3 aliphatic rings. The van der Waals surface area contributed by atoms with Crippen LogP contribution in [0.3, 0.4) is 0 Å². The van der Waals surface area contributed by atoms with E-state index in [0.717, 1.165) is 29.9 Å². The SMILES string of the molecule is COc1ccc(-c2c(C)nn3c(N(C4CC4)C4CC4)c4c(nc23)CCC4)c(C)c1. The molecule has 3 aromatic rings. The minimum atomic E-state index is 0.702. The number of rotatable bonds is 5. The highest BCUT2D eigenvalue weighted by Gasteiger charge is 2.42. The standard InChI is InChI=1S/C24H28N4O/c1-14-13-18(29-3)11-12-19(14)22-15(2)26-28-23(22)25-21-6-4-5-20(21)24(28)27(16-7-8-16)17-9-10-17/h11-13,16-17H,4-10H2,1-3H3. The van der Waals surface area contributed by atoms with E-state index >= 15 is 0 Å². The van der Waals surface area contributed by atoms with Gasteiger partial charge in [-0.05, 0) is 82.1 Å². The second-order valence-electron chi connectivity index (χ2n) is 8.96. The van der Waals surface area contributed by atoms with Gasteiger partial charge in [-0.25, -0.2) is 4.98 Å². The average Bonchev–Trinajstić information content (AvgIpc) is 3.64. The molecular weight excluding hydrogens is 360 g/mol. The molecule has 2 heterocycles. The molecule has 6 rings (SSSR count). The molecule has 5 nitrogen and oxygen atoms in total. The predicted octanol–water partition coefficient (Wildman–Crippen LogP) is 4.64. The van der Waals surface area contributed by atoms with Crippen molar-refractivity contribution in [1.82, 2.24) is 14.6 Å². The number of benzene rings is 1. The Morgan fingerprint density at radius 1 is 1.07 bits per heavy atom. The Morgan fingerprint density at radius 3 is 2.48 bits per heavy atom. The molecule has 0 unspecified atom stereocenters. The summed E-state index contributed by atoms with van der Waals surface area (Å²) in [5.74, 6) is 2.25. The van der Waals surface area contributed by atoms with E-state index in [1.54, 1.807) is 7.11 Å². The molecule has 2 aromatic heterocycles. The highest BCUT2D eigenvalue weighted by molar-refractivity contribution is 5.84. The Bertz CT molecular complexity index is 1110. The topological polar surface area (TPSA) is 42.7 Å². The average molecular weight is 389 g/mol. The predicted molar refractivity (Wildman–Crippen MR) is 115 cm³/mol. The van der Waals surface area contributed by atoms with Crippen molar-refractivity contribution in [1.29, 1.82) is 0 Å². The molecule has 2 fully saturated rings. The lowest BCUT2D eigenvalue weighted by Crippen LogP contribution is -2.31. The Kier molecular flexibility index (Phi) is 3.71. The van der Waals surface area contributed by atoms with Crippen LogP contribution in [0.4, 0.5) is 5.82 Å². The fraction of sp³-hybridized carbons (Fsp3) is 0.500. The van der Waals surface area contributed by atoms with Crippen molar-refractivity contribution in [3.63, 3.8) is 0 Å². The zero-order valence-electron chi connectivity index (χ0n) is 17.5. The van der Waals surface area contributed by atoms with Crippen molar-refractivity contribution in [2.24, 2.45) is 0 Å². The van der Waals surface area contributed by atoms with Crippen LogP contribution in [0.5, 0.6) is 5.75 Å². The van der Waals surface area contributed by atoms with Crippen molar-refractivity contribution >= 4 is 11.5 Å². The van der Waals surface area contributed by atoms with Crippen molar-refractivity contribution in [2.45, 2.75) is 70.9 Å². The lowest BCUT2D eigenvalue weighted by molar-refractivity contribution is 0.414. The third kappa shape index (κ3) is 2.66. The third-order valence-electron chi connectivity index (χ3n) is 6.76. The molecule has 0 aliphatic heterocycles. The molecule has 5 heteroatoms. The first-order valence-electron chi connectivity index (χ1n) is 11.0. The van der Waals surface area contributed by atoms with Gasteiger partial charge in [0.2, 0.25) is 0 Å². The summed E-state index contributed by atoms with van der Waals surface area (Å²) in [5.41, 5.74) is 8.42. The maximum atomic E-state index is 5.42. The molecule has 0 amide bonds. The summed E-state index contributed by atoms with van der Waals surface area (Å²) in [6, 6.07) is 7.71. The third-order valence-corrected chi connectivity index (χ3v) is 6.76. The Labute approximate surface area is 171 Å². The van der Waals surface area contributed by atoms with Crippen LogP contribution in [0.15, 0.2) is 18.2 Å². The van der Waals surface area contributed by atoms with E-state index in [2.05, 4.69) is 35.4 Å². The molecule has 2 saturated carbocycles. The van der Waals surface area contributed by atoms with Crippen molar-refractivity contribution < 1.29 is 4.74 Å². The molecule has 0 radical (unpaired) electrons. The summed E-state index contributed by atoms with van der Waals surface area (Å²) in [6.07, 6.45) is 8.72. The van der Waals surface area contributed by atoms with Crippen LogP contribution in [-0.2, 0) is 12.8 Å². The Morgan fingerprint density at radius 2 is 1.83 bits per heavy atom. The zero-order chi connectivity index (χ0) is 19.7. The normalized spacial score (nSPS) is 18.3. The Hall–Kier alpha value is -2.56. The van der Waals surface area contributed by atoms with Gasteiger partial charge < -0.3 is 9.64 Å². The fourth-order valence-electron chi connectivity index (χ4n) is 5.09. The summed E-state index contributed by atoms with van der Waals surface area (Å²) in [4.78, 5) is 7.90. The second-order valence-corrected chi connectivity index (χ2v) is 8.96. The van der Waals surface area contributed by atoms with Crippen molar-refractivity contribution in [2.75, 3.05) is 12.0 Å². The smallest absolute Gasteiger partial charge is 0.165 e. The number of hydrogen-bond donors (Lipinski definition) is 0. The van der Waals surface area contributed by atoms with Gasteiger partial charge in [0.1, 0.15) is 11.6 Å². The first kappa shape index (κ1) is 17.3. The number of nitrogens with zero attached hydrogens (tertiary/aromatic N) is 4. The van der Waals surface area contributed by atoms with Crippen LogP contribution in [0.1, 0.15) is 54.6 Å². The summed E-state index contributed by atoms with van der Waals surface area (Å²) in [7, 11) is 1.72. The van der Waals surface area contributed by atoms with E-state index in [4.69, 9.17) is 14.8 Å². The summed E-state index contributed by atoms with van der Waals surface area (Å²) in [5, 5.41) is 5.07. The number of ether oxygens (including phenoxy) is 1. The van der Waals surface area contributed by atoms with Crippen molar-refractivity contribution in [3.8, 4) is 16.9 Å². The number of aryl methyl sites for hydroxylation is 3. The monoisotopic (exact) mass is 388 g/mol. The summed E-state index contributed by atoms with van der Waals surface area (Å²) >= 11 is 0. The van der Waals surface area contributed by atoms with Crippen LogP contribution in [0.25, 0.3) is 16.8 Å². The minimum Gasteiger partial charge on any atom is -0.497 e. The molecule has 1 aromatic carbocycles. The van der Waals surface area contributed by atoms with Gasteiger partial charge in [-0.2, -0.15) is 9.61 Å².